The van der Waals surface area contributed by atoms with Crippen molar-refractivity contribution < 1.29 is 15.0 Å². The van der Waals surface area contributed by atoms with Gasteiger partial charge in [-0.15, -0.1) is 0 Å². The molecule has 86 valence electrons. The van der Waals surface area contributed by atoms with E-state index in [4.69, 9.17) is 10.2 Å². The molecule has 0 amide bonds. The highest BCUT2D eigenvalue weighted by molar-refractivity contribution is 5.88. The van der Waals surface area contributed by atoms with E-state index in [-0.39, 0.29) is 12.2 Å². The Morgan fingerprint density at radius 1 is 1.12 bits per heavy atom. The molecule has 0 spiro atoms. The second kappa shape index (κ2) is 4.76. The van der Waals surface area contributed by atoms with Gasteiger partial charge < -0.3 is 10.2 Å². The molecule has 2 N–H and O–H groups in total. The molecule has 2 aromatic rings. The highest BCUT2D eigenvalue weighted by Crippen LogP contribution is 2.20. The van der Waals surface area contributed by atoms with Crippen molar-refractivity contribution in [1.29, 1.82) is 0 Å². The van der Waals surface area contributed by atoms with E-state index in [1.807, 2.05) is 6.07 Å². The Morgan fingerprint density at radius 2 is 1.82 bits per heavy atom. The molecule has 0 saturated carbocycles. The van der Waals surface area contributed by atoms with Gasteiger partial charge in [0.1, 0.15) is 0 Å². The van der Waals surface area contributed by atoms with Crippen molar-refractivity contribution in [2.75, 3.05) is 0 Å². The maximum Gasteiger partial charge on any atom is 0.335 e. The Hall–Kier alpha value is -2.20. The summed E-state index contributed by atoms with van der Waals surface area (Å²) >= 11 is 0. The van der Waals surface area contributed by atoms with Crippen LogP contribution in [0.15, 0.2) is 42.6 Å². The van der Waals surface area contributed by atoms with Crippen molar-refractivity contribution in [3.05, 3.63) is 53.9 Å². The maximum atomic E-state index is 10.7. The summed E-state index contributed by atoms with van der Waals surface area (Å²) in [6.45, 7) is -0.110. The highest BCUT2D eigenvalue weighted by Gasteiger charge is 2.03. The summed E-state index contributed by atoms with van der Waals surface area (Å²) in [6, 6.07) is 10.2. The Balaban J connectivity index is 2.36. The predicted molar refractivity (Wildman–Crippen MR) is 62.6 cm³/mol. The van der Waals surface area contributed by atoms with E-state index < -0.39 is 5.97 Å². The van der Waals surface area contributed by atoms with Crippen LogP contribution in [-0.4, -0.2) is 21.2 Å². The zero-order chi connectivity index (χ0) is 12.3. The van der Waals surface area contributed by atoms with Crippen LogP contribution in [0.1, 0.15) is 16.1 Å². The molecule has 1 heterocycles. The summed E-state index contributed by atoms with van der Waals surface area (Å²) < 4.78 is 0. The van der Waals surface area contributed by atoms with Gasteiger partial charge in [0.2, 0.25) is 0 Å². The van der Waals surface area contributed by atoms with E-state index in [9.17, 15) is 4.79 Å². The summed E-state index contributed by atoms with van der Waals surface area (Å²) in [5, 5.41) is 17.8. The monoisotopic (exact) mass is 229 g/mol. The predicted octanol–water partition coefficient (Wildman–Crippen LogP) is 1.94. The number of aromatic carboxylic acids is 1. The molecule has 1 aromatic carbocycles. The molecular weight excluding hydrogens is 218 g/mol. The summed E-state index contributed by atoms with van der Waals surface area (Å²) in [4.78, 5) is 14.7. The molecule has 0 fully saturated rings. The zero-order valence-corrected chi connectivity index (χ0v) is 9.00. The van der Waals surface area contributed by atoms with E-state index >= 15 is 0 Å². The van der Waals surface area contributed by atoms with Gasteiger partial charge in [-0.3, -0.25) is 4.98 Å². The molecule has 2 rings (SSSR count). The van der Waals surface area contributed by atoms with Gasteiger partial charge in [0, 0.05) is 6.20 Å². The third kappa shape index (κ3) is 2.49. The standard InChI is InChI=1S/C13H11NO3/c15-8-12-7-11(5-6-14-12)9-1-3-10(4-2-9)13(16)17/h1-7,15H,8H2,(H,16,17). The lowest BCUT2D eigenvalue weighted by atomic mass is 10.0. The van der Waals surface area contributed by atoms with Crippen molar-refractivity contribution in [3.8, 4) is 11.1 Å². The second-order valence-corrected chi connectivity index (χ2v) is 3.58. The van der Waals surface area contributed by atoms with Gasteiger partial charge in [-0.1, -0.05) is 12.1 Å². The summed E-state index contributed by atoms with van der Waals surface area (Å²) in [5.41, 5.74) is 2.64. The van der Waals surface area contributed by atoms with Gasteiger partial charge >= 0.3 is 5.97 Å². The van der Waals surface area contributed by atoms with Crippen LogP contribution in [0.3, 0.4) is 0 Å². The quantitative estimate of drug-likeness (QED) is 0.843. The number of hydrogen-bond acceptors (Lipinski definition) is 3. The summed E-state index contributed by atoms with van der Waals surface area (Å²) in [5.74, 6) is -0.942. The van der Waals surface area contributed by atoms with E-state index in [0.717, 1.165) is 11.1 Å². The van der Waals surface area contributed by atoms with E-state index in [1.54, 1.807) is 36.5 Å². The van der Waals surface area contributed by atoms with E-state index in [0.29, 0.717) is 5.69 Å². The normalized spacial score (nSPS) is 10.2. The number of carboxylic acid groups (broad SMARTS) is 1. The van der Waals surface area contributed by atoms with Crippen molar-refractivity contribution in [3.63, 3.8) is 0 Å². The largest absolute Gasteiger partial charge is 0.478 e. The number of aromatic nitrogens is 1. The maximum absolute atomic E-state index is 10.7. The number of hydrogen-bond donors (Lipinski definition) is 2. The molecule has 1 aromatic heterocycles. The van der Waals surface area contributed by atoms with Crippen LogP contribution in [0.2, 0.25) is 0 Å². The van der Waals surface area contributed by atoms with Crippen molar-refractivity contribution in [1.82, 2.24) is 4.98 Å². The zero-order valence-electron chi connectivity index (χ0n) is 9.00. The van der Waals surface area contributed by atoms with Gasteiger partial charge in [-0.25, -0.2) is 4.79 Å². The highest BCUT2D eigenvalue weighted by atomic mass is 16.4. The number of aliphatic hydroxyl groups excluding tert-OH is 1. The molecule has 0 saturated heterocycles. The first kappa shape index (κ1) is 11.3. The Kier molecular flexibility index (Phi) is 3.16. The van der Waals surface area contributed by atoms with Crippen molar-refractivity contribution >= 4 is 5.97 Å². The van der Waals surface area contributed by atoms with E-state index in [1.165, 1.54) is 0 Å². The van der Waals surface area contributed by atoms with Gasteiger partial charge in [0.15, 0.2) is 0 Å². The lowest BCUT2D eigenvalue weighted by Crippen LogP contribution is -1.95. The summed E-state index contributed by atoms with van der Waals surface area (Å²) in [6.07, 6.45) is 1.62. The van der Waals surface area contributed by atoms with Crippen LogP contribution in [0.25, 0.3) is 11.1 Å². The van der Waals surface area contributed by atoms with Crippen LogP contribution >= 0.6 is 0 Å². The number of carboxylic acids is 1. The fraction of sp³-hybridized carbons (Fsp3) is 0.0769. The minimum atomic E-state index is -0.942. The first-order valence-corrected chi connectivity index (χ1v) is 5.10. The number of benzene rings is 1. The van der Waals surface area contributed by atoms with Crippen LogP contribution < -0.4 is 0 Å². The lowest BCUT2D eigenvalue weighted by molar-refractivity contribution is 0.0697. The molecule has 0 aliphatic heterocycles. The minimum Gasteiger partial charge on any atom is -0.478 e. The lowest BCUT2D eigenvalue weighted by Gasteiger charge is -2.03. The number of rotatable bonds is 3. The van der Waals surface area contributed by atoms with Crippen LogP contribution in [0.5, 0.6) is 0 Å². The third-order valence-electron chi connectivity index (χ3n) is 2.44. The Bertz CT molecular complexity index is 535. The minimum absolute atomic E-state index is 0.110. The first-order valence-electron chi connectivity index (χ1n) is 5.10. The van der Waals surface area contributed by atoms with E-state index in [2.05, 4.69) is 4.98 Å². The molecule has 0 atom stereocenters. The molecule has 0 unspecified atom stereocenters. The average Bonchev–Trinajstić information content (AvgIpc) is 2.39. The Labute approximate surface area is 98.2 Å². The molecular formula is C13H11NO3. The number of pyridine rings is 1. The van der Waals surface area contributed by atoms with Gasteiger partial charge in [0.05, 0.1) is 17.9 Å². The van der Waals surface area contributed by atoms with Gasteiger partial charge in [-0.05, 0) is 35.4 Å². The number of nitrogens with zero attached hydrogens (tertiary/aromatic N) is 1. The molecule has 4 nitrogen and oxygen atoms in total. The van der Waals surface area contributed by atoms with Crippen LogP contribution in [0.4, 0.5) is 0 Å². The molecule has 0 aliphatic carbocycles. The van der Waals surface area contributed by atoms with Crippen LogP contribution in [-0.2, 0) is 6.61 Å². The van der Waals surface area contributed by atoms with Gasteiger partial charge in [-0.2, -0.15) is 0 Å². The van der Waals surface area contributed by atoms with Crippen molar-refractivity contribution in [2.45, 2.75) is 6.61 Å². The number of carbonyl (C=O) groups is 1. The molecule has 0 bridgehead atoms. The molecule has 17 heavy (non-hydrogen) atoms. The third-order valence-corrected chi connectivity index (χ3v) is 2.44. The molecule has 4 heteroatoms. The fourth-order valence-corrected chi connectivity index (χ4v) is 1.55. The van der Waals surface area contributed by atoms with Crippen molar-refractivity contribution in [2.24, 2.45) is 0 Å². The summed E-state index contributed by atoms with van der Waals surface area (Å²) in [7, 11) is 0. The topological polar surface area (TPSA) is 70.4 Å². The SMILES string of the molecule is O=C(O)c1ccc(-c2ccnc(CO)c2)cc1. The molecule has 0 radical (unpaired) electrons. The Morgan fingerprint density at radius 3 is 2.41 bits per heavy atom. The smallest absolute Gasteiger partial charge is 0.335 e. The number of aliphatic hydroxyl groups is 1. The van der Waals surface area contributed by atoms with Crippen LogP contribution in [0, 0.1) is 0 Å². The average molecular weight is 229 g/mol. The van der Waals surface area contributed by atoms with Gasteiger partial charge in [0.25, 0.3) is 0 Å². The second-order valence-electron chi connectivity index (χ2n) is 3.58. The molecule has 0 aliphatic rings. The first-order chi connectivity index (χ1) is 8.20. The fourth-order valence-electron chi connectivity index (χ4n) is 1.55.